The third-order valence-corrected chi connectivity index (χ3v) is 5.18. The molecule has 134 valence electrons. The average Bonchev–Trinajstić information content (AvgIpc) is 3.18. The van der Waals surface area contributed by atoms with Gasteiger partial charge in [-0.05, 0) is 51.8 Å². The van der Waals surface area contributed by atoms with Gasteiger partial charge in [-0.25, -0.2) is 4.68 Å². The summed E-state index contributed by atoms with van der Waals surface area (Å²) in [5.74, 6) is 0.349. The summed E-state index contributed by atoms with van der Waals surface area (Å²) in [4.78, 5) is 15.1. The van der Waals surface area contributed by atoms with Crippen molar-refractivity contribution in [1.29, 1.82) is 0 Å². The van der Waals surface area contributed by atoms with E-state index in [1.54, 1.807) is 4.68 Å². The molecule has 0 saturated carbocycles. The Balaban J connectivity index is 1.68. The highest BCUT2D eigenvalue weighted by molar-refractivity contribution is 6.33. The molecule has 1 atom stereocenters. The Morgan fingerprint density at radius 3 is 2.72 bits per heavy atom. The molecule has 1 amide bonds. The van der Waals surface area contributed by atoms with Gasteiger partial charge in [0, 0.05) is 19.1 Å². The van der Waals surface area contributed by atoms with Crippen LogP contribution in [0.25, 0.3) is 5.69 Å². The van der Waals surface area contributed by atoms with Gasteiger partial charge in [-0.3, -0.25) is 4.79 Å². The number of hydrogen-bond donors (Lipinski definition) is 1. The van der Waals surface area contributed by atoms with E-state index in [0.29, 0.717) is 34.9 Å². The number of carbonyl (C=O) groups excluding carboxylic acids is 1. The number of halogens is 1. The molecule has 2 aromatic rings. The standard InChI is InChI=1S/C19H25ClN4O/c1-13(2)23-10-9-15(12-23)11-21-19(25)17-14(3)22-24(18(17)20)16-7-5-4-6-8-16/h4-8,13,15H,9-12H2,1-3H3,(H,21,25). The summed E-state index contributed by atoms with van der Waals surface area (Å²) >= 11 is 6.45. The first-order chi connectivity index (χ1) is 12.0. The normalized spacial score (nSPS) is 18.0. The summed E-state index contributed by atoms with van der Waals surface area (Å²) in [6, 6.07) is 10.2. The molecule has 0 radical (unpaired) electrons. The molecule has 1 aliphatic rings. The maximum Gasteiger partial charge on any atom is 0.256 e. The molecule has 0 bridgehead atoms. The first-order valence-electron chi connectivity index (χ1n) is 8.80. The van der Waals surface area contributed by atoms with Crippen molar-refractivity contribution in [3.63, 3.8) is 0 Å². The summed E-state index contributed by atoms with van der Waals surface area (Å²) in [6.07, 6.45) is 1.12. The number of aromatic nitrogens is 2. The summed E-state index contributed by atoms with van der Waals surface area (Å²) in [5.41, 5.74) is 1.95. The van der Waals surface area contributed by atoms with Crippen molar-refractivity contribution in [1.82, 2.24) is 20.0 Å². The lowest BCUT2D eigenvalue weighted by atomic mass is 10.1. The van der Waals surface area contributed by atoms with E-state index in [4.69, 9.17) is 11.6 Å². The summed E-state index contributed by atoms with van der Waals surface area (Å²) < 4.78 is 1.61. The quantitative estimate of drug-likeness (QED) is 0.890. The highest BCUT2D eigenvalue weighted by Gasteiger charge is 2.26. The van der Waals surface area contributed by atoms with Crippen molar-refractivity contribution in [2.45, 2.75) is 33.2 Å². The topological polar surface area (TPSA) is 50.2 Å². The van der Waals surface area contributed by atoms with E-state index in [9.17, 15) is 4.79 Å². The number of likely N-dealkylation sites (tertiary alicyclic amines) is 1. The maximum absolute atomic E-state index is 12.6. The van der Waals surface area contributed by atoms with Crippen molar-refractivity contribution >= 4 is 17.5 Å². The SMILES string of the molecule is Cc1nn(-c2ccccc2)c(Cl)c1C(=O)NCC1CCN(C(C)C)C1. The lowest BCUT2D eigenvalue weighted by molar-refractivity contribution is 0.0946. The first kappa shape index (κ1) is 18.0. The van der Waals surface area contributed by atoms with Crippen LogP contribution in [-0.4, -0.2) is 46.3 Å². The van der Waals surface area contributed by atoms with Gasteiger partial charge in [0.1, 0.15) is 5.15 Å². The lowest BCUT2D eigenvalue weighted by Crippen LogP contribution is -2.33. The highest BCUT2D eigenvalue weighted by Crippen LogP contribution is 2.24. The van der Waals surface area contributed by atoms with Crippen LogP contribution < -0.4 is 5.32 Å². The van der Waals surface area contributed by atoms with Gasteiger partial charge in [0.15, 0.2) is 0 Å². The van der Waals surface area contributed by atoms with E-state index in [1.165, 1.54) is 0 Å². The van der Waals surface area contributed by atoms with Crippen LogP contribution in [0.4, 0.5) is 0 Å². The smallest absolute Gasteiger partial charge is 0.256 e. The van der Waals surface area contributed by atoms with Crippen LogP contribution in [0.5, 0.6) is 0 Å². The zero-order valence-corrected chi connectivity index (χ0v) is 15.8. The molecule has 1 saturated heterocycles. The number of rotatable bonds is 5. The van der Waals surface area contributed by atoms with Crippen LogP contribution >= 0.6 is 11.6 Å². The lowest BCUT2D eigenvalue weighted by Gasteiger charge is -2.20. The van der Waals surface area contributed by atoms with Crippen LogP contribution in [-0.2, 0) is 0 Å². The molecule has 0 aliphatic carbocycles. The van der Waals surface area contributed by atoms with Gasteiger partial charge in [-0.2, -0.15) is 5.10 Å². The molecule has 5 nitrogen and oxygen atoms in total. The van der Waals surface area contributed by atoms with E-state index in [2.05, 4.69) is 29.2 Å². The largest absolute Gasteiger partial charge is 0.352 e. The second-order valence-electron chi connectivity index (χ2n) is 6.95. The fraction of sp³-hybridized carbons (Fsp3) is 0.474. The van der Waals surface area contributed by atoms with Crippen LogP contribution in [0.1, 0.15) is 36.3 Å². The minimum absolute atomic E-state index is 0.146. The molecular weight excluding hydrogens is 336 g/mol. The zero-order chi connectivity index (χ0) is 18.0. The van der Waals surface area contributed by atoms with Gasteiger partial charge in [0.25, 0.3) is 5.91 Å². The van der Waals surface area contributed by atoms with Crippen LogP contribution in [0.15, 0.2) is 30.3 Å². The highest BCUT2D eigenvalue weighted by atomic mass is 35.5. The summed E-state index contributed by atoms with van der Waals surface area (Å²) in [7, 11) is 0. The van der Waals surface area contributed by atoms with E-state index < -0.39 is 0 Å². The Bertz CT molecular complexity index is 741. The minimum Gasteiger partial charge on any atom is -0.352 e. The van der Waals surface area contributed by atoms with Crippen molar-refractivity contribution in [3.05, 3.63) is 46.7 Å². The van der Waals surface area contributed by atoms with E-state index in [-0.39, 0.29) is 5.91 Å². The zero-order valence-electron chi connectivity index (χ0n) is 15.0. The van der Waals surface area contributed by atoms with Crippen molar-refractivity contribution in [3.8, 4) is 5.69 Å². The molecule has 0 spiro atoms. The predicted octanol–water partition coefficient (Wildman–Crippen LogP) is 3.29. The average molecular weight is 361 g/mol. The molecule has 1 N–H and O–H groups in total. The van der Waals surface area contributed by atoms with Crippen molar-refractivity contribution < 1.29 is 4.79 Å². The Labute approximate surface area is 154 Å². The summed E-state index contributed by atoms with van der Waals surface area (Å²) in [6.45, 7) is 9.05. The molecule has 1 aromatic carbocycles. The molecule has 1 unspecified atom stereocenters. The fourth-order valence-electron chi connectivity index (χ4n) is 3.32. The van der Waals surface area contributed by atoms with Crippen molar-refractivity contribution in [2.75, 3.05) is 19.6 Å². The van der Waals surface area contributed by atoms with Crippen molar-refractivity contribution in [2.24, 2.45) is 5.92 Å². The molecule has 3 rings (SSSR count). The molecule has 1 fully saturated rings. The Hall–Kier alpha value is -1.85. The van der Waals surface area contributed by atoms with Gasteiger partial charge < -0.3 is 10.2 Å². The molecule has 1 aromatic heterocycles. The molecular formula is C19H25ClN4O. The number of benzene rings is 1. The minimum atomic E-state index is -0.146. The summed E-state index contributed by atoms with van der Waals surface area (Å²) in [5, 5.41) is 7.83. The van der Waals surface area contributed by atoms with Crippen LogP contribution in [0.3, 0.4) is 0 Å². The predicted molar refractivity (Wildman–Crippen MR) is 100 cm³/mol. The van der Waals surface area contributed by atoms with Gasteiger partial charge >= 0.3 is 0 Å². The van der Waals surface area contributed by atoms with Gasteiger partial charge in [0.05, 0.1) is 16.9 Å². The number of nitrogens with zero attached hydrogens (tertiary/aromatic N) is 3. The van der Waals surface area contributed by atoms with E-state index >= 15 is 0 Å². The first-order valence-corrected chi connectivity index (χ1v) is 9.18. The second kappa shape index (κ2) is 7.58. The number of amides is 1. The Kier molecular flexibility index (Phi) is 5.45. The molecule has 25 heavy (non-hydrogen) atoms. The Morgan fingerprint density at radius 1 is 1.36 bits per heavy atom. The number of hydrogen-bond acceptors (Lipinski definition) is 3. The number of carbonyl (C=O) groups is 1. The van der Waals surface area contributed by atoms with E-state index in [0.717, 1.165) is 25.2 Å². The molecule has 6 heteroatoms. The van der Waals surface area contributed by atoms with Gasteiger partial charge in [-0.1, -0.05) is 29.8 Å². The molecule has 1 aliphatic heterocycles. The fourth-order valence-corrected chi connectivity index (χ4v) is 3.68. The second-order valence-corrected chi connectivity index (χ2v) is 7.31. The maximum atomic E-state index is 12.6. The third kappa shape index (κ3) is 3.88. The number of aryl methyl sites for hydroxylation is 1. The monoisotopic (exact) mass is 360 g/mol. The number of para-hydroxylation sites is 1. The third-order valence-electron chi connectivity index (χ3n) is 4.83. The van der Waals surface area contributed by atoms with Crippen LogP contribution in [0.2, 0.25) is 5.15 Å². The van der Waals surface area contributed by atoms with Crippen LogP contribution in [0, 0.1) is 12.8 Å². The van der Waals surface area contributed by atoms with Gasteiger partial charge in [0.2, 0.25) is 0 Å². The number of nitrogens with one attached hydrogen (secondary N) is 1. The Morgan fingerprint density at radius 2 is 2.08 bits per heavy atom. The van der Waals surface area contributed by atoms with Gasteiger partial charge in [-0.15, -0.1) is 0 Å². The van der Waals surface area contributed by atoms with E-state index in [1.807, 2.05) is 37.3 Å². The molecule has 2 heterocycles.